The van der Waals surface area contributed by atoms with Crippen molar-refractivity contribution in [1.82, 2.24) is 0 Å². The smallest absolute Gasteiger partial charge is 0.324 e. The number of benzene rings is 1. The van der Waals surface area contributed by atoms with E-state index in [4.69, 9.17) is 5.73 Å². The molecule has 15 heavy (non-hydrogen) atoms. The Morgan fingerprint density at radius 3 is 2.40 bits per heavy atom. The monoisotopic (exact) mass is 221 g/mol. The fourth-order valence-corrected chi connectivity index (χ4v) is 1.27. The zero-order chi connectivity index (χ0) is 11.6. The number of hydrogen-bond acceptors (Lipinski definition) is 1. The fourth-order valence-electron chi connectivity index (χ4n) is 1.27. The van der Waals surface area contributed by atoms with Crippen molar-refractivity contribution in [2.45, 2.75) is 25.6 Å². The minimum atomic E-state index is -4.30. The molecule has 0 saturated carbocycles. The van der Waals surface area contributed by atoms with Crippen molar-refractivity contribution in [3.05, 3.63) is 35.1 Å². The second kappa shape index (κ2) is 4.18. The third kappa shape index (κ3) is 3.51. The van der Waals surface area contributed by atoms with E-state index in [-0.39, 0.29) is 0 Å². The van der Waals surface area contributed by atoms with E-state index in [0.717, 1.165) is 6.07 Å². The van der Waals surface area contributed by atoms with Gasteiger partial charge in [-0.05, 0) is 24.1 Å². The molecule has 0 amide bonds. The van der Waals surface area contributed by atoms with E-state index < -0.39 is 24.5 Å². The second-order valence-corrected chi connectivity index (χ2v) is 3.43. The summed E-state index contributed by atoms with van der Waals surface area (Å²) < 4.78 is 48.9. The SMILES string of the molecule is Cc1cc([C@H](N)CC(F)(F)F)ccc1F. The predicted octanol–water partition coefficient (Wildman–Crippen LogP) is 3.09. The molecule has 0 bridgehead atoms. The fraction of sp³-hybridized carbons (Fsp3) is 0.400. The Labute approximate surface area is 84.9 Å². The first-order valence-corrected chi connectivity index (χ1v) is 4.38. The van der Waals surface area contributed by atoms with Gasteiger partial charge >= 0.3 is 6.18 Å². The molecule has 0 aliphatic rings. The van der Waals surface area contributed by atoms with Crippen LogP contribution in [0.2, 0.25) is 0 Å². The van der Waals surface area contributed by atoms with Crippen molar-refractivity contribution in [2.75, 3.05) is 0 Å². The summed E-state index contributed by atoms with van der Waals surface area (Å²) in [5.41, 5.74) is 5.95. The molecule has 0 radical (unpaired) electrons. The Hall–Kier alpha value is -1.10. The Balaban J connectivity index is 2.83. The van der Waals surface area contributed by atoms with Crippen LogP contribution in [0.3, 0.4) is 0 Å². The van der Waals surface area contributed by atoms with Crippen LogP contribution in [0.25, 0.3) is 0 Å². The number of halogens is 4. The molecule has 5 heteroatoms. The molecule has 0 unspecified atom stereocenters. The summed E-state index contributed by atoms with van der Waals surface area (Å²) in [6.45, 7) is 1.49. The van der Waals surface area contributed by atoms with Crippen molar-refractivity contribution in [3.63, 3.8) is 0 Å². The zero-order valence-corrected chi connectivity index (χ0v) is 8.11. The number of rotatable bonds is 2. The molecule has 1 aromatic rings. The summed E-state index contributed by atoms with van der Waals surface area (Å²) in [5, 5.41) is 0. The van der Waals surface area contributed by atoms with E-state index in [9.17, 15) is 17.6 Å². The van der Waals surface area contributed by atoms with Crippen LogP contribution in [0, 0.1) is 12.7 Å². The van der Waals surface area contributed by atoms with Crippen molar-refractivity contribution in [3.8, 4) is 0 Å². The largest absolute Gasteiger partial charge is 0.390 e. The highest BCUT2D eigenvalue weighted by Gasteiger charge is 2.30. The number of aryl methyl sites for hydroxylation is 1. The summed E-state index contributed by atoms with van der Waals surface area (Å²) >= 11 is 0. The molecule has 0 saturated heterocycles. The van der Waals surface area contributed by atoms with Crippen LogP contribution in [0.5, 0.6) is 0 Å². The van der Waals surface area contributed by atoms with Crippen LogP contribution in [0.15, 0.2) is 18.2 Å². The van der Waals surface area contributed by atoms with Crippen molar-refractivity contribution < 1.29 is 17.6 Å². The van der Waals surface area contributed by atoms with E-state index in [2.05, 4.69) is 0 Å². The Bertz CT molecular complexity index is 346. The van der Waals surface area contributed by atoms with Crippen LogP contribution < -0.4 is 5.73 Å². The topological polar surface area (TPSA) is 26.0 Å². The molecule has 1 rings (SSSR count). The molecular weight excluding hydrogens is 210 g/mol. The second-order valence-electron chi connectivity index (χ2n) is 3.43. The van der Waals surface area contributed by atoms with E-state index in [1.165, 1.54) is 19.1 Å². The molecule has 84 valence electrons. The maximum Gasteiger partial charge on any atom is 0.390 e. The molecule has 0 aliphatic heterocycles. The van der Waals surface area contributed by atoms with Gasteiger partial charge in [0, 0.05) is 6.04 Å². The Kier molecular flexibility index (Phi) is 3.34. The van der Waals surface area contributed by atoms with Crippen LogP contribution >= 0.6 is 0 Å². The number of hydrogen-bond donors (Lipinski definition) is 1. The van der Waals surface area contributed by atoms with E-state index in [1.54, 1.807) is 0 Å². The molecule has 0 spiro atoms. The predicted molar refractivity (Wildman–Crippen MR) is 48.7 cm³/mol. The third-order valence-corrected chi connectivity index (χ3v) is 2.06. The zero-order valence-electron chi connectivity index (χ0n) is 8.11. The van der Waals surface area contributed by atoms with E-state index in [1.807, 2.05) is 0 Å². The van der Waals surface area contributed by atoms with Crippen LogP contribution in [-0.4, -0.2) is 6.18 Å². The highest BCUT2D eigenvalue weighted by molar-refractivity contribution is 5.26. The maximum atomic E-state index is 12.8. The summed E-state index contributed by atoms with van der Waals surface area (Å²) in [7, 11) is 0. The lowest BCUT2D eigenvalue weighted by Gasteiger charge is -2.14. The van der Waals surface area contributed by atoms with E-state index >= 15 is 0 Å². The summed E-state index contributed by atoms with van der Waals surface area (Å²) in [5.74, 6) is -0.446. The van der Waals surface area contributed by atoms with Crippen LogP contribution in [0.1, 0.15) is 23.6 Å². The van der Waals surface area contributed by atoms with Gasteiger partial charge < -0.3 is 5.73 Å². The minimum absolute atomic E-state index is 0.296. The van der Waals surface area contributed by atoms with E-state index in [0.29, 0.717) is 11.1 Å². The third-order valence-electron chi connectivity index (χ3n) is 2.06. The van der Waals surface area contributed by atoms with Gasteiger partial charge in [-0.3, -0.25) is 0 Å². The molecule has 1 nitrogen and oxygen atoms in total. The van der Waals surface area contributed by atoms with Crippen molar-refractivity contribution in [1.29, 1.82) is 0 Å². The summed E-state index contributed by atoms with van der Waals surface area (Å²) in [4.78, 5) is 0. The lowest BCUT2D eigenvalue weighted by molar-refractivity contribution is -0.138. The average Bonchev–Trinajstić information content (AvgIpc) is 2.06. The van der Waals surface area contributed by atoms with Crippen molar-refractivity contribution >= 4 is 0 Å². The molecule has 1 aromatic carbocycles. The van der Waals surface area contributed by atoms with Gasteiger partial charge in [-0.25, -0.2) is 4.39 Å². The van der Waals surface area contributed by atoms with Gasteiger partial charge in [-0.2, -0.15) is 13.2 Å². The number of nitrogens with two attached hydrogens (primary N) is 1. The summed E-state index contributed by atoms with van der Waals surface area (Å²) in [6.07, 6.45) is -5.40. The Morgan fingerprint density at radius 2 is 1.93 bits per heavy atom. The molecule has 1 atom stereocenters. The first-order valence-electron chi connectivity index (χ1n) is 4.38. The molecule has 0 aliphatic carbocycles. The average molecular weight is 221 g/mol. The van der Waals surface area contributed by atoms with Gasteiger partial charge in [-0.15, -0.1) is 0 Å². The van der Waals surface area contributed by atoms with Crippen LogP contribution in [0.4, 0.5) is 17.6 Å². The van der Waals surface area contributed by atoms with Crippen LogP contribution in [-0.2, 0) is 0 Å². The van der Waals surface area contributed by atoms with Gasteiger partial charge in [0.1, 0.15) is 5.82 Å². The van der Waals surface area contributed by atoms with Gasteiger partial charge in [0.15, 0.2) is 0 Å². The minimum Gasteiger partial charge on any atom is -0.324 e. The normalized spacial score (nSPS) is 14.0. The molecule has 2 N–H and O–H groups in total. The maximum absolute atomic E-state index is 12.8. The molecule has 0 fully saturated rings. The molecular formula is C10H11F4N. The lowest BCUT2D eigenvalue weighted by Crippen LogP contribution is -2.20. The first-order chi connectivity index (χ1) is 6.79. The Morgan fingerprint density at radius 1 is 1.33 bits per heavy atom. The van der Waals surface area contributed by atoms with Crippen molar-refractivity contribution in [2.24, 2.45) is 5.73 Å². The van der Waals surface area contributed by atoms with Gasteiger partial charge in [0.2, 0.25) is 0 Å². The standard InChI is InChI=1S/C10H11F4N/c1-6-4-7(2-3-8(6)11)9(15)5-10(12,13)14/h2-4,9H,5,15H2,1H3/t9-/m1/s1. The summed E-state index contributed by atoms with van der Waals surface area (Å²) in [6, 6.07) is 2.61. The molecule has 0 heterocycles. The van der Waals surface area contributed by atoms with Gasteiger partial charge in [0.25, 0.3) is 0 Å². The van der Waals surface area contributed by atoms with Gasteiger partial charge in [-0.1, -0.05) is 12.1 Å². The quantitative estimate of drug-likeness (QED) is 0.763. The first kappa shape index (κ1) is 12.0. The van der Waals surface area contributed by atoms with Gasteiger partial charge in [0.05, 0.1) is 6.42 Å². The highest BCUT2D eigenvalue weighted by atomic mass is 19.4. The molecule has 0 aromatic heterocycles. The highest BCUT2D eigenvalue weighted by Crippen LogP contribution is 2.28. The lowest BCUT2D eigenvalue weighted by atomic mass is 10.0. The number of alkyl halides is 3.